The van der Waals surface area contributed by atoms with Crippen LogP contribution in [0.5, 0.6) is 0 Å². The summed E-state index contributed by atoms with van der Waals surface area (Å²) < 4.78 is 28.1. The van der Waals surface area contributed by atoms with Crippen molar-refractivity contribution in [1.82, 2.24) is 24.6 Å². The Morgan fingerprint density at radius 2 is 2.00 bits per heavy atom. The van der Waals surface area contributed by atoms with E-state index in [4.69, 9.17) is 5.73 Å². The van der Waals surface area contributed by atoms with Crippen molar-refractivity contribution < 1.29 is 8.78 Å². The fourth-order valence-corrected chi connectivity index (χ4v) is 2.02. The topological polar surface area (TPSA) is 82.0 Å². The Labute approximate surface area is 116 Å². The third-order valence-corrected chi connectivity index (χ3v) is 3.11. The van der Waals surface area contributed by atoms with E-state index in [1.165, 1.54) is 16.3 Å². The van der Waals surface area contributed by atoms with Gasteiger partial charge < -0.3 is 5.73 Å². The number of nitrogen functional groups attached to an aromatic ring is 1. The van der Waals surface area contributed by atoms with Crippen LogP contribution < -0.4 is 5.73 Å². The molecule has 0 aliphatic heterocycles. The number of hydrogen-bond donors (Lipinski definition) is 1. The fraction of sp³-hybridized carbons (Fsp3) is 0.0909. The third-order valence-electron chi connectivity index (χ3n) is 2.56. The minimum atomic E-state index is -0.626. The lowest BCUT2D eigenvalue weighted by molar-refractivity contribution is 0.602. The minimum Gasteiger partial charge on any atom is -0.368 e. The summed E-state index contributed by atoms with van der Waals surface area (Å²) in [7, 11) is 0. The molecule has 0 saturated carbocycles. The van der Waals surface area contributed by atoms with Gasteiger partial charge >= 0.3 is 0 Å². The number of benzene rings is 1. The predicted octanol–water partition coefficient (Wildman–Crippen LogP) is 1.77. The first-order valence-corrected chi connectivity index (χ1v) is 6.70. The van der Waals surface area contributed by atoms with Crippen molar-refractivity contribution in [3.8, 4) is 11.4 Å². The molecular formula is C11H8F2N6S. The van der Waals surface area contributed by atoms with Crippen LogP contribution in [0.2, 0.25) is 0 Å². The van der Waals surface area contributed by atoms with Gasteiger partial charge in [0.1, 0.15) is 11.6 Å². The number of thioether (sulfide) groups is 1. The highest BCUT2D eigenvalue weighted by Gasteiger charge is 2.15. The lowest BCUT2D eigenvalue weighted by atomic mass is 10.2. The maximum Gasteiger partial charge on any atom is 0.258 e. The number of nitrogens with zero attached hydrogens (tertiary/aromatic N) is 5. The van der Waals surface area contributed by atoms with Gasteiger partial charge in [0.25, 0.3) is 5.78 Å². The first kappa shape index (κ1) is 12.7. The molecule has 2 N–H and O–H groups in total. The average Bonchev–Trinajstić information content (AvgIpc) is 2.85. The molecule has 0 fully saturated rings. The van der Waals surface area contributed by atoms with Crippen LogP contribution in [0.25, 0.3) is 17.2 Å². The van der Waals surface area contributed by atoms with Gasteiger partial charge in [0.05, 0.1) is 5.56 Å². The largest absolute Gasteiger partial charge is 0.368 e. The molecule has 2 heterocycles. The smallest absolute Gasteiger partial charge is 0.258 e. The molecule has 20 heavy (non-hydrogen) atoms. The summed E-state index contributed by atoms with van der Waals surface area (Å²) in [4.78, 5) is 12.1. The van der Waals surface area contributed by atoms with Gasteiger partial charge in [-0.05, 0) is 24.5 Å². The Morgan fingerprint density at radius 1 is 1.20 bits per heavy atom. The normalized spacial score (nSPS) is 11.2. The number of hydrogen-bond acceptors (Lipinski definition) is 6. The quantitative estimate of drug-likeness (QED) is 0.725. The van der Waals surface area contributed by atoms with Crippen LogP contribution in [0, 0.1) is 11.6 Å². The second-order valence-electron chi connectivity index (χ2n) is 3.84. The van der Waals surface area contributed by atoms with Gasteiger partial charge in [-0.1, -0.05) is 11.8 Å². The number of fused-ring (bicyclic) bond motifs is 1. The molecule has 2 aromatic heterocycles. The highest BCUT2D eigenvalue weighted by Crippen LogP contribution is 2.22. The van der Waals surface area contributed by atoms with Crippen LogP contribution in [-0.4, -0.2) is 30.8 Å². The number of anilines is 1. The highest BCUT2D eigenvalue weighted by atomic mass is 32.2. The van der Waals surface area contributed by atoms with E-state index in [1.54, 1.807) is 6.26 Å². The molecule has 0 aliphatic rings. The number of nitrogens with two attached hydrogens (primary N) is 1. The van der Waals surface area contributed by atoms with E-state index in [2.05, 4.69) is 20.1 Å². The van der Waals surface area contributed by atoms with Crippen LogP contribution in [-0.2, 0) is 0 Å². The lowest BCUT2D eigenvalue weighted by Crippen LogP contribution is -2.04. The zero-order valence-electron chi connectivity index (χ0n) is 10.2. The van der Waals surface area contributed by atoms with Crippen molar-refractivity contribution in [2.45, 2.75) is 5.16 Å². The lowest BCUT2D eigenvalue weighted by Gasteiger charge is -1.98. The molecule has 0 saturated heterocycles. The molecule has 6 nitrogen and oxygen atoms in total. The predicted molar refractivity (Wildman–Crippen MR) is 70.1 cm³/mol. The minimum absolute atomic E-state index is 0.00116. The van der Waals surface area contributed by atoms with Crippen LogP contribution in [0.3, 0.4) is 0 Å². The van der Waals surface area contributed by atoms with Gasteiger partial charge in [-0.3, -0.25) is 0 Å². The zero-order valence-corrected chi connectivity index (χ0v) is 11.0. The van der Waals surface area contributed by atoms with E-state index in [0.717, 1.165) is 18.2 Å². The highest BCUT2D eigenvalue weighted by molar-refractivity contribution is 7.98. The summed E-state index contributed by atoms with van der Waals surface area (Å²) >= 11 is 1.29. The molecule has 0 bridgehead atoms. The van der Waals surface area contributed by atoms with Gasteiger partial charge in [-0.25, -0.2) is 8.78 Å². The second kappa shape index (κ2) is 4.67. The van der Waals surface area contributed by atoms with E-state index < -0.39 is 11.6 Å². The molecule has 102 valence electrons. The molecule has 0 atom stereocenters. The van der Waals surface area contributed by atoms with Gasteiger partial charge in [0.2, 0.25) is 5.95 Å². The molecule has 0 aliphatic carbocycles. The van der Waals surface area contributed by atoms with E-state index in [0.29, 0.717) is 5.16 Å². The Morgan fingerprint density at radius 3 is 2.75 bits per heavy atom. The van der Waals surface area contributed by atoms with Crippen LogP contribution in [0.1, 0.15) is 0 Å². The summed E-state index contributed by atoms with van der Waals surface area (Å²) in [6, 6.07) is 3.05. The third kappa shape index (κ3) is 2.05. The monoisotopic (exact) mass is 294 g/mol. The standard InChI is InChI=1S/C11H8F2N6S/c1-20-11-16-9(14)19-10(17-11)15-8(18-19)6-4-5(12)2-3-7(6)13/h2-4H,1H3,(H2,14,15,16,17,18). The summed E-state index contributed by atoms with van der Waals surface area (Å²) in [5.74, 6) is -0.945. The van der Waals surface area contributed by atoms with Gasteiger partial charge in [0.15, 0.2) is 11.0 Å². The summed E-state index contributed by atoms with van der Waals surface area (Å²) in [5.41, 5.74) is 5.67. The molecule has 1 aromatic carbocycles. The van der Waals surface area contributed by atoms with Crippen LogP contribution in [0.4, 0.5) is 14.7 Å². The molecular weight excluding hydrogens is 286 g/mol. The molecule has 0 amide bonds. The Kier molecular flexibility index (Phi) is 2.97. The molecule has 9 heteroatoms. The van der Waals surface area contributed by atoms with Crippen molar-refractivity contribution in [2.24, 2.45) is 0 Å². The zero-order chi connectivity index (χ0) is 14.3. The fourth-order valence-electron chi connectivity index (χ4n) is 1.66. The number of aromatic nitrogens is 5. The van der Waals surface area contributed by atoms with Crippen molar-refractivity contribution in [3.63, 3.8) is 0 Å². The maximum absolute atomic E-state index is 13.7. The van der Waals surface area contributed by atoms with Crippen LogP contribution in [0.15, 0.2) is 23.4 Å². The van der Waals surface area contributed by atoms with Gasteiger partial charge in [-0.2, -0.15) is 19.5 Å². The first-order valence-electron chi connectivity index (χ1n) is 5.48. The van der Waals surface area contributed by atoms with E-state index >= 15 is 0 Å². The molecule has 0 spiro atoms. The molecule has 0 radical (unpaired) electrons. The summed E-state index contributed by atoms with van der Waals surface area (Å²) in [6.07, 6.45) is 1.79. The average molecular weight is 294 g/mol. The SMILES string of the molecule is CSc1nc(N)n2nc(-c3cc(F)ccc3F)nc2n1. The summed E-state index contributed by atoms with van der Waals surface area (Å²) in [5, 5.41) is 4.42. The first-order chi connectivity index (χ1) is 9.58. The van der Waals surface area contributed by atoms with E-state index in [9.17, 15) is 8.78 Å². The van der Waals surface area contributed by atoms with E-state index in [-0.39, 0.29) is 23.1 Å². The number of rotatable bonds is 2. The van der Waals surface area contributed by atoms with Crippen molar-refractivity contribution >= 4 is 23.5 Å². The van der Waals surface area contributed by atoms with Gasteiger partial charge in [-0.15, -0.1) is 5.10 Å². The molecule has 3 aromatic rings. The van der Waals surface area contributed by atoms with E-state index in [1.807, 2.05) is 0 Å². The molecule has 3 rings (SSSR count). The Balaban J connectivity index is 2.22. The maximum atomic E-state index is 13.7. The van der Waals surface area contributed by atoms with Crippen LogP contribution >= 0.6 is 11.8 Å². The Hall–Kier alpha value is -2.29. The van der Waals surface area contributed by atoms with Crippen molar-refractivity contribution in [2.75, 3.05) is 12.0 Å². The molecule has 0 unspecified atom stereocenters. The van der Waals surface area contributed by atoms with Crippen molar-refractivity contribution in [1.29, 1.82) is 0 Å². The second-order valence-corrected chi connectivity index (χ2v) is 4.61. The summed E-state index contributed by atoms with van der Waals surface area (Å²) in [6.45, 7) is 0. The Bertz CT molecular complexity index is 803. The van der Waals surface area contributed by atoms with Crippen molar-refractivity contribution in [3.05, 3.63) is 29.8 Å². The van der Waals surface area contributed by atoms with Gasteiger partial charge in [0, 0.05) is 0 Å². The number of halogens is 2.